The van der Waals surface area contributed by atoms with Crippen LogP contribution in [0, 0.1) is 6.92 Å². The van der Waals surface area contributed by atoms with Gasteiger partial charge >= 0.3 is 0 Å². The molecule has 0 aromatic carbocycles. The average Bonchev–Trinajstić information content (AvgIpc) is 2.62. The zero-order chi connectivity index (χ0) is 17.8. The molecule has 0 bridgehead atoms. The van der Waals surface area contributed by atoms with Crippen LogP contribution in [0.25, 0.3) is 0 Å². The van der Waals surface area contributed by atoms with E-state index in [1.54, 1.807) is 7.11 Å². The van der Waals surface area contributed by atoms with E-state index in [9.17, 15) is 0 Å². The van der Waals surface area contributed by atoms with Gasteiger partial charge in [-0.05, 0) is 12.5 Å². The first kappa shape index (κ1) is 17.4. The van der Waals surface area contributed by atoms with Crippen LogP contribution in [0.15, 0.2) is 24.4 Å². The molecular weight excluding hydrogens is 316 g/mol. The summed E-state index contributed by atoms with van der Waals surface area (Å²) in [5.41, 5.74) is 2.20. The lowest BCUT2D eigenvalue weighted by Gasteiger charge is -2.35. The summed E-state index contributed by atoms with van der Waals surface area (Å²) >= 11 is 0. The van der Waals surface area contributed by atoms with Crippen molar-refractivity contribution < 1.29 is 4.74 Å². The normalized spacial score (nSPS) is 15.3. The number of rotatable bonds is 5. The van der Waals surface area contributed by atoms with Gasteiger partial charge in [0.15, 0.2) is 0 Å². The predicted octanol–water partition coefficient (Wildman–Crippen LogP) is 1.58. The molecule has 7 nitrogen and oxygen atoms in total. The molecule has 0 N–H and O–H groups in total. The number of ether oxygens (including phenoxy) is 1. The molecule has 2 aromatic rings. The van der Waals surface area contributed by atoms with E-state index in [-0.39, 0.29) is 0 Å². The Morgan fingerprint density at radius 3 is 2.48 bits per heavy atom. The Bertz CT molecular complexity index is 695. The molecule has 1 saturated heterocycles. The minimum Gasteiger partial charge on any atom is -0.481 e. The molecule has 3 heterocycles. The van der Waals surface area contributed by atoms with Crippen molar-refractivity contribution in [2.75, 3.05) is 57.2 Å². The van der Waals surface area contributed by atoms with Gasteiger partial charge < -0.3 is 14.5 Å². The molecule has 0 saturated carbocycles. The maximum atomic E-state index is 5.11. The zero-order valence-corrected chi connectivity index (χ0v) is 15.4. The van der Waals surface area contributed by atoms with Crippen LogP contribution in [-0.4, -0.2) is 67.2 Å². The third-order valence-corrected chi connectivity index (χ3v) is 4.36. The van der Waals surface area contributed by atoms with E-state index in [0.717, 1.165) is 50.2 Å². The lowest BCUT2D eigenvalue weighted by molar-refractivity contribution is 0.248. The van der Waals surface area contributed by atoms with E-state index in [0.29, 0.717) is 5.88 Å². The highest BCUT2D eigenvalue weighted by Gasteiger charge is 2.20. The molecule has 7 heteroatoms. The largest absolute Gasteiger partial charge is 0.481 e. The molecule has 3 rings (SSSR count). The number of hydrogen-bond donors (Lipinski definition) is 0. The number of methoxy groups -OCH3 is 1. The minimum absolute atomic E-state index is 0.655. The monoisotopic (exact) mass is 342 g/mol. The summed E-state index contributed by atoms with van der Waals surface area (Å²) < 4.78 is 5.11. The van der Waals surface area contributed by atoms with Gasteiger partial charge in [-0.15, -0.1) is 0 Å². The summed E-state index contributed by atoms with van der Waals surface area (Å²) in [6, 6.07) is 6.00. The quantitative estimate of drug-likeness (QED) is 0.817. The molecule has 0 radical (unpaired) electrons. The number of pyridine rings is 1. The molecule has 0 amide bonds. The molecule has 0 atom stereocenters. The maximum absolute atomic E-state index is 5.11. The van der Waals surface area contributed by atoms with Crippen LogP contribution < -0.4 is 14.5 Å². The van der Waals surface area contributed by atoms with E-state index >= 15 is 0 Å². The second-order valence-electron chi connectivity index (χ2n) is 6.53. The van der Waals surface area contributed by atoms with Gasteiger partial charge in [-0.2, -0.15) is 4.98 Å². The molecule has 134 valence electrons. The zero-order valence-electron chi connectivity index (χ0n) is 15.4. The molecular formula is C18H26N6O. The van der Waals surface area contributed by atoms with Crippen molar-refractivity contribution in [3.63, 3.8) is 0 Å². The van der Waals surface area contributed by atoms with E-state index in [1.165, 1.54) is 5.56 Å². The van der Waals surface area contributed by atoms with Crippen LogP contribution in [0.1, 0.15) is 11.3 Å². The average molecular weight is 342 g/mol. The molecule has 0 aliphatic carbocycles. The van der Waals surface area contributed by atoms with Gasteiger partial charge in [0.25, 0.3) is 0 Å². The highest BCUT2D eigenvalue weighted by atomic mass is 16.5. The Balaban J connectivity index is 1.59. The van der Waals surface area contributed by atoms with Crippen molar-refractivity contribution in [3.8, 4) is 5.88 Å². The summed E-state index contributed by atoms with van der Waals surface area (Å²) in [6.07, 6.45) is 1.89. The lowest BCUT2D eigenvalue weighted by atomic mass is 10.2. The van der Waals surface area contributed by atoms with Crippen molar-refractivity contribution in [1.29, 1.82) is 0 Å². The molecule has 0 spiro atoms. The predicted molar refractivity (Wildman–Crippen MR) is 99.4 cm³/mol. The molecule has 2 aromatic heterocycles. The van der Waals surface area contributed by atoms with Crippen LogP contribution in [0.4, 0.5) is 11.8 Å². The number of nitrogens with zero attached hydrogens (tertiary/aromatic N) is 6. The molecule has 0 unspecified atom stereocenters. The summed E-state index contributed by atoms with van der Waals surface area (Å²) in [5, 5.41) is 0. The Hall–Kier alpha value is -2.41. The lowest BCUT2D eigenvalue weighted by Crippen LogP contribution is -2.46. The molecule has 1 aliphatic rings. The Labute approximate surface area is 149 Å². The van der Waals surface area contributed by atoms with Crippen molar-refractivity contribution >= 4 is 11.8 Å². The SMILES string of the molecule is COc1ccc(CN2CCN(c3nc(C)cc(N(C)C)n3)CC2)cn1. The van der Waals surface area contributed by atoms with Crippen molar-refractivity contribution in [2.24, 2.45) is 0 Å². The Morgan fingerprint density at radius 2 is 1.88 bits per heavy atom. The first-order chi connectivity index (χ1) is 12.0. The number of piperazine rings is 1. The second kappa shape index (κ2) is 7.65. The van der Waals surface area contributed by atoms with Crippen molar-refractivity contribution in [1.82, 2.24) is 19.9 Å². The Morgan fingerprint density at radius 1 is 1.12 bits per heavy atom. The first-order valence-electron chi connectivity index (χ1n) is 8.54. The third kappa shape index (κ3) is 4.36. The van der Waals surface area contributed by atoms with Gasteiger partial charge in [0, 0.05) is 70.8 Å². The highest BCUT2D eigenvalue weighted by molar-refractivity contribution is 5.45. The number of aryl methyl sites for hydroxylation is 1. The number of hydrogen-bond acceptors (Lipinski definition) is 7. The van der Waals surface area contributed by atoms with Crippen molar-refractivity contribution in [3.05, 3.63) is 35.7 Å². The summed E-state index contributed by atoms with van der Waals surface area (Å²) in [7, 11) is 5.65. The summed E-state index contributed by atoms with van der Waals surface area (Å²) in [6.45, 7) is 6.76. The van der Waals surface area contributed by atoms with Gasteiger partial charge in [0.05, 0.1) is 7.11 Å². The van der Waals surface area contributed by atoms with E-state index in [1.807, 2.05) is 44.2 Å². The Kier molecular flexibility index (Phi) is 5.33. The first-order valence-corrected chi connectivity index (χ1v) is 8.54. The van der Waals surface area contributed by atoms with E-state index < -0.39 is 0 Å². The van der Waals surface area contributed by atoms with Gasteiger partial charge in [0.2, 0.25) is 11.8 Å². The van der Waals surface area contributed by atoms with E-state index in [2.05, 4.69) is 30.8 Å². The maximum Gasteiger partial charge on any atom is 0.227 e. The number of anilines is 2. The van der Waals surface area contributed by atoms with Crippen LogP contribution in [0.2, 0.25) is 0 Å². The fourth-order valence-corrected chi connectivity index (χ4v) is 2.90. The summed E-state index contributed by atoms with van der Waals surface area (Å²) in [5.74, 6) is 2.44. The second-order valence-corrected chi connectivity index (χ2v) is 6.53. The number of aromatic nitrogens is 3. The molecule has 1 aliphatic heterocycles. The fraction of sp³-hybridized carbons (Fsp3) is 0.500. The van der Waals surface area contributed by atoms with Gasteiger partial charge in [-0.25, -0.2) is 9.97 Å². The van der Waals surface area contributed by atoms with Crippen LogP contribution >= 0.6 is 0 Å². The third-order valence-electron chi connectivity index (χ3n) is 4.36. The van der Waals surface area contributed by atoms with E-state index in [4.69, 9.17) is 4.74 Å². The van der Waals surface area contributed by atoms with Gasteiger partial charge in [-0.3, -0.25) is 4.90 Å². The molecule has 1 fully saturated rings. The summed E-state index contributed by atoms with van der Waals surface area (Å²) in [4.78, 5) is 20.3. The molecule has 25 heavy (non-hydrogen) atoms. The van der Waals surface area contributed by atoms with Gasteiger partial charge in [0.1, 0.15) is 5.82 Å². The minimum atomic E-state index is 0.655. The topological polar surface area (TPSA) is 57.6 Å². The standard InChI is InChI=1S/C18H26N6O/c1-14-11-16(22(2)3)21-18(20-14)24-9-7-23(8-10-24)13-15-5-6-17(25-4)19-12-15/h5-6,11-12H,7-10,13H2,1-4H3. The van der Waals surface area contributed by atoms with Crippen LogP contribution in [-0.2, 0) is 6.54 Å². The highest BCUT2D eigenvalue weighted by Crippen LogP contribution is 2.18. The van der Waals surface area contributed by atoms with Crippen LogP contribution in [0.3, 0.4) is 0 Å². The smallest absolute Gasteiger partial charge is 0.227 e. The van der Waals surface area contributed by atoms with Crippen molar-refractivity contribution in [2.45, 2.75) is 13.5 Å². The van der Waals surface area contributed by atoms with Crippen LogP contribution in [0.5, 0.6) is 5.88 Å². The van der Waals surface area contributed by atoms with Gasteiger partial charge in [-0.1, -0.05) is 6.07 Å². The fourth-order valence-electron chi connectivity index (χ4n) is 2.90.